The van der Waals surface area contributed by atoms with E-state index < -0.39 is 0 Å². The van der Waals surface area contributed by atoms with E-state index >= 15 is 0 Å². The molecule has 1 spiro atoms. The van der Waals surface area contributed by atoms with Gasteiger partial charge >= 0.3 is 0 Å². The van der Waals surface area contributed by atoms with Crippen LogP contribution in [-0.2, 0) is 4.79 Å². The van der Waals surface area contributed by atoms with Crippen molar-refractivity contribution in [1.82, 2.24) is 0 Å². The number of aliphatic hydroxyl groups excluding tert-OH is 1. The van der Waals surface area contributed by atoms with E-state index in [1.165, 1.54) is 0 Å². The fraction of sp³-hybridized carbons (Fsp3) is 0.850. The van der Waals surface area contributed by atoms with E-state index in [0.29, 0.717) is 17.6 Å². The van der Waals surface area contributed by atoms with Crippen LogP contribution in [0.5, 0.6) is 0 Å². The van der Waals surface area contributed by atoms with Crippen molar-refractivity contribution in [1.29, 1.82) is 0 Å². The van der Waals surface area contributed by atoms with E-state index in [9.17, 15) is 9.90 Å². The first-order valence-corrected chi connectivity index (χ1v) is 9.16. The van der Waals surface area contributed by atoms with Crippen LogP contribution in [-0.4, -0.2) is 17.5 Å². The van der Waals surface area contributed by atoms with Crippen LogP contribution in [0.25, 0.3) is 0 Å². The molecule has 0 amide bonds. The Balaban J connectivity index is 2.06. The molecule has 1 N–H and O–H groups in total. The minimum Gasteiger partial charge on any atom is -0.396 e. The fourth-order valence-corrected chi connectivity index (χ4v) is 6.18. The molecule has 2 fully saturated rings. The summed E-state index contributed by atoms with van der Waals surface area (Å²) in [6, 6.07) is 0. The Morgan fingerprint density at radius 2 is 2.00 bits per heavy atom. The SMILES string of the molecule is CCCC[C@H]1[C@@H](CO)C(=O)[C@]2(C)CC[C@H]3C(C)(C)C=C[C@]13C2. The predicted octanol–water partition coefficient (Wildman–Crippen LogP) is 4.37. The van der Waals surface area contributed by atoms with Crippen molar-refractivity contribution >= 4 is 5.78 Å². The Morgan fingerprint density at radius 3 is 2.64 bits per heavy atom. The number of ketones is 1. The van der Waals surface area contributed by atoms with Gasteiger partial charge < -0.3 is 5.11 Å². The van der Waals surface area contributed by atoms with Crippen LogP contribution >= 0.6 is 0 Å². The van der Waals surface area contributed by atoms with Crippen molar-refractivity contribution in [2.45, 2.75) is 66.2 Å². The van der Waals surface area contributed by atoms with Gasteiger partial charge in [0.2, 0.25) is 0 Å². The van der Waals surface area contributed by atoms with Crippen LogP contribution in [0.4, 0.5) is 0 Å². The lowest BCUT2D eigenvalue weighted by atomic mass is 9.43. The summed E-state index contributed by atoms with van der Waals surface area (Å²) in [7, 11) is 0. The Morgan fingerprint density at radius 1 is 1.27 bits per heavy atom. The molecule has 2 saturated carbocycles. The van der Waals surface area contributed by atoms with Crippen molar-refractivity contribution in [3.05, 3.63) is 12.2 Å². The average molecular weight is 304 g/mol. The minimum atomic E-state index is -0.211. The van der Waals surface area contributed by atoms with Crippen LogP contribution in [0.1, 0.15) is 66.2 Å². The summed E-state index contributed by atoms with van der Waals surface area (Å²) in [6.45, 7) is 9.11. The first kappa shape index (κ1) is 16.2. The largest absolute Gasteiger partial charge is 0.396 e. The van der Waals surface area contributed by atoms with Gasteiger partial charge in [0, 0.05) is 11.3 Å². The van der Waals surface area contributed by atoms with Crippen molar-refractivity contribution in [2.75, 3.05) is 6.61 Å². The molecule has 2 heteroatoms. The molecule has 2 nitrogen and oxygen atoms in total. The summed E-state index contributed by atoms with van der Waals surface area (Å²) in [5.74, 6) is 1.17. The predicted molar refractivity (Wildman–Crippen MR) is 89.4 cm³/mol. The lowest BCUT2D eigenvalue weighted by molar-refractivity contribution is -0.161. The Kier molecular flexibility index (Phi) is 3.83. The standard InChI is InChI=1S/C20H32O2/c1-5-6-7-15-14(12-21)17(22)19(4)9-8-16-18(2,3)10-11-20(15,16)13-19/h10-11,14-16,21H,5-9,12-13H2,1-4H3/t14-,15+,16+,19-,20+/m1/s1. The molecule has 0 aromatic heterocycles. The third kappa shape index (κ3) is 2.06. The number of unbranched alkanes of at least 4 members (excludes halogenated alkanes) is 1. The smallest absolute Gasteiger partial charge is 0.144 e. The van der Waals surface area contributed by atoms with E-state index in [4.69, 9.17) is 0 Å². The van der Waals surface area contributed by atoms with Crippen LogP contribution < -0.4 is 0 Å². The number of Topliss-reactive ketones (excluding diaryl/α,β-unsaturated/α-hetero) is 1. The van der Waals surface area contributed by atoms with Gasteiger partial charge in [0.25, 0.3) is 0 Å². The highest BCUT2D eigenvalue weighted by atomic mass is 16.3. The highest BCUT2D eigenvalue weighted by Crippen LogP contribution is 2.68. The number of allylic oxidation sites excluding steroid dienone is 2. The van der Waals surface area contributed by atoms with E-state index in [1.807, 2.05) is 0 Å². The number of hydrogen-bond donors (Lipinski definition) is 1. The molecule has 0 aliphatic heterocycles. The van der Waals surface area contributed by atoms with Gasteiger partial charge in [0.05, 0.1) is 6.61 Å². The second-order valence-corrected chi connectivity index (χ2v) is 9.00. The van der Waals surface area contributed by atoms with E-state index in [2.05, 4.69) is 39.8 Å². The summed E-state index contributed by atoms with van der Waals surface area (Å²) in [5, 5.41) is 10.0. The molecule has 0 heterocycles. The molecule has 0 saturated heterocycles. The Hall–Kier alpha value is -0.630. The summed E-state index contributed by atoms with van der Waals surface area (Å²) >= 11 is 0. The third-order valence-electron chi connectivity index (χ3n) is 7.22. The molecule has 3 rings (SSSR count). The quantitative estimate of drug-likeness (QED) is 0.783. The van der Waals surface area contributed by atoms with Crippen molar-refractivity contribution in [3.63, 3.8) is 0 Å². The van der Waals surface area contributed by atoms with Gasteiger partial charge in [-0.1, -0.05) is 52.7 Å². The topological polar surface area (TPSA) is 37.3 Å². The zero-order valence-corrected chi connectivity index (χ0v) is 14.7. The number of fused-ring (bicyclic) bond motifs is 1. The van der Waals surface area contributed by atoms with E-state index in [0.717, 1.165) is 38.5 Å². The first-order chi connectivity index (χ1) is 10.3. The number of rotatable bonds is 4. The Bertz CT molecular complexity index is 492. The molecule has 0 aromatic rings. The van der Waals surface area contributed by atoms with Crippen molar-refractivity contribution < 1.29 is 9.90 Å². The minimum absolute atomic E-state index is 0.0333. The average Bonchev–Trinajstić information content (AvgIpc) is 2.73. The summed E-state index contributed by atoms with van der Waals surface area (Å²) < 4.78 is 0. The van der Waals surface area contributed by atoms with E-state index in [1.54, 1.807) is 0 Å². The number of carbonyl (C=O) groups is 1. The van der Waals surface area contributed by atoms with Crippen molar-refractivity contribution in [3.8, 4) is 0 Å². The second kappa shape index (κ2) is 5.19. The maximum absolute atomic E-state index is 13.0. The summed E-state index contributed by atoms with van der Waals surface area (Å²) in [6.07, 6.45) is 11.4. The molecule has 2 bridgehead atoms. The van der Waals surface area contributed by atoms with Crippen LogP contribution in [0.2, 0.25) is 0 Å². The van der Waals surface area contributed by atoms with Gasteiger partial charge in [-0.3, -0.25) is 4.79 Å². The van der Waals surface area contributed by atoms with Crippen molar-refractivity contribution in [2.24, 2.45) is 34.0 Å². The lowest BCUT2D eigenvalue weighted by Crippen LogP contribution is -2.59. The third-order valence-corrected chi connectivity index (χ3v) is 7.22. The maximum atomic E-state index is 13.0. The van der Waals surface area contributed by atoms with Gasteiger partial charge in [-0.25, -0.2) is 0 Å². The normalized spacial score (nSPS) is 45.9. The van der Waals surface area contributed by atoms with Gasteiger partial charge in [-0.2, -0.15) is 0 Å². The molecule has 3 aliphatic carbocycles. The molecule has 124 valence electrons. The second-order valence-electron chi connectivity index (χ2n) is 9.00. The molecule has 5 atom stereocenters. The van der Waals surface area contributed by atoms with Gasteiger partial charge in [-0.05, 0) is 48.3 Å². The van der Waals surface area contributed by atoms with Crippen LogP contribution in [0.3, 0.4) is 0 Å². The monoisotopic (exact) mass is 304 g/mol. The highest BCUT2D eigenvalue weighted by Gasteiger charge is 2.64. The number of aliphatic hydroxyl groups is 1. The molecule has 0 radical (unpaired) electrons. The molecule has 22 heavy (non-hydrogen) atoms. The first-order valence-electron chi connectivity index (χ1n) is 9.16. The van der Waals surface area contributed by atoms with Crippen LogP contribution in [0.15, 0.2) is 12.2 Å². The molecular formula is C20H32O2. The summed E-state index contributed by atoms with van der Waals surface area (Å²) in [5.41, 5.74) is 0.163. The fourth-order valence-electron chi connectivity index (χ4n) is 6.18. The maximum Gasteiger partial charge on any atom is 0.144 e. The number of hydrogen-bond acceptors (Lipinski definition) is 2. The Labute approximate surface area is 135 Å². The lowest BCUT2D eigenvalue weighted by Gasteiger charge is -2.60. The zero-order valence-electron chi connectivity index (χ0n) is 14.7. The molecule has 3 aliphatic rings. The highest BCUT2D eigenvalue weighted by molar-refractivity contribution is 5.88. The number of carbonyl (C=O) groups excluding carboxylic acids is 1. The van der Waals surface area contributed by atoms with Gasteiger partial charge in [0.15, 0.2) is 0 Å². The van der Waals surface area contributed by atoms with Gasteiger partial charge in [0.1, 0.15) is 5.78 Å². The van der Waals surface area contributed by atoms with Gasteiger partial charge in [-0.15, -0.1) is 0 Å². The molecule has 0 unspecified atom stereocenters. The summed E-state index contributed by atoms with van der Waals surface area (Å²) in [4.78, 5) is 13.0. The van der Waals surface area contributed by atoms with Crippen LogP contribution in [0, 0.1) is 34.0 Å². The van der Waals surface area contributed by atoms with E-state index in [-0.39, 0.29) is 28.8 Å². The molecule has 0 aromatic carbocycles. The molecular weight excluding hydrogens is 272 g/mol. The zero-order chi connectivity index (χ0) is 16.2.